The second-order valence-corrected chi connectivity index (χ2v) is 7.82. The zero-order valence-corrected chi connectivity index (χ0v) is 16.9. The monoisotopic (exact) mass is 403 g/mol. The Bertz CT molecular complexity index is 1220. The molecule has 1 aliphatic rings. The van der Waals surface area contributed by atoms with Gasteiger partial charge in [0.1, 0.15) is 11.6 Å². The number of nitrogens with zero attached hydrogens (tertiary/aromatic N) is 3. The molecule has 30 heavy (non-hydrogen) atoms. The van der Waals surface area contributed by atoms with Gasteiger partial charge >= 0.3 is 0 Å². The number of hydrogen-bond donors (Lipinski definition) is 4. The third-order valence-corrected chi connectivity index (χ3v) is 5.91. The van der Waals surface area contributed by atoms with E-state index in [1.54, 1.807) is 19.5 Å². The lowest BCUT2D eigenvalue weighted by Gasteiger charge is -2.29. The van der Waals surface area contributed by atoms with E-state index < -0.39 is 0 Å². The van der Waals surface area contributed by atoms with Crippen molar-refractivity contribution in [2.75, 3.05) is 18.2 Å². The van der Waals surface area contributed by atoms with Crippen molar-refractivity contribution >= 4 is 33.6 Å². The molecule has 0 aliphatic heterocycles. The number of nitrogens with one attached hydrogen (secondary N) is 2. The van der Waals surface area contributed by atoms with Crippen molar-refractivity contribution < 1.29 is 4.74 Å². The normalized spacial score (nSPS) is 19.3. The fourth-order valence-corrected chi connectivity index (χ4v) is 4.25. The van der Waals surface area contributed by atoms with Gasteiger partial charge in [0.2, 0.25) is 5.95 Å². The molecule has 5 rings (SSSR count). The highest BCUT2D eigenvalue weighted by Gasteiger charge is 2.23. The summed E-state index contributed by atoms with van der Waals surface area (Å²) in [4.78, 5) is 17.1. The molecule has 1 aromatic carbocycles. The number of nitrogens with two attached hydrogens (primary N) is 2. The summed E-state index contributed by atoms with van der Waals surface area (Å²) >= 11 is 0. The molecule has 0 amide bonds. The van der Waals surface area contributed by atoms with E-state index in [1.165, 1.54) is 6.42 Å². The number of H-pyrrole nitrogens is 1. The number of aromatic amines is 1. The maximum Gasteiger partial charge on any atom is 0.223 e. The molecule has 1 saturated carbocycles. The average molecular weight is 403 g/mol. The van der Waals surface area contributed by atoms with Gasteiger partial charge in [0.25, 0.3) is 0 Å². The molecule has 6 N–H and O–H groups in total. The lowest BCUT2D eigenvalue weighted by Crippen LogP contribution is -2.42. The number of hydrogen-bond acceptors (Lipinski definition) is 7. The number of para-hydroxylation sites is 1. The van der Waals surface area contributed by atoms with E-state index in [2.05, 4.69) is 26.3 Å². The molecular formula is C22H25N7O. The SMILES string of the molecule is COc1cccc2cc(-c3cnc(N)c4cnc(NC5CCCCC5N)nc34)[nH]c12. The molecule has 1 fully saturated rings. The number of benzene rings is 1. The Morgan fingerprint density at radius 3 is 2.87 bits per heavy atom. The lowest BCUT2D eigenvalue weighted by molar-refractivity contribution is 0.402. The van der Waals surface area contributed by atoms with Crippen LogP contribution in [0.5, 0.6) is 5.75 Å². The number of pyridine rings is 1. The van der Waals surface area contributed by atoms with Crippen LogP contribution in [0.25, 0.3) is 33.1 Å². The first-order valence-corrected chi connectivity index (χ1v) is 10.2. The number of ether oxygens (including phenoxy) is 1. The standard InChI is InChI=1S/C22H25N7O/c1-30-18-8-4-5-12-9-17(27-19(12)18)13-10-25-21(24)14-11-26-22(29-20(13)14)28-16-7-3-2-6-15(16)23/h4-5,8-11,15-16,27H,2-3,6-7,23H2,1H3,(H2,24,25)(H,26,28,29). The average Bonchev–Trinajstić information content (AvgIpc) is 3.20. The van der Waals surface area contributed by atoms with Crippen molar-refractivity contribution in [2.45, 2.75) is 37.8 Å². The second kappa shape index (κ2) is 7.46. The zero-order valence-electron chi connectivity index (χ0n) is 16.9. The first-order valence-electron chi connectivity index (χ1n) is 10.2. The molecule has 2 unspecified atom stereocenters. The maximum absolute atomic E-state index is 6.29. The number of fused-ring (bicyclic) bond motifs is 2. The van der Waals surface area contributed by atoms with Crippen LogP contribution in [0.3, 0.4) is 0 Å². The van der Waals surface area contributed by atoms with Crippen LogP contribution in [0.2, 0.25) is 0 Å². The smallest absolute Gasteiger partial charge is 0.223 e. The molecule has 0 spiro atoms. The fourth-order valence-electron chi connectivity index (χ4n) is 4.25. The molecule has 3 aromatic heterocycles. The van der Waals surface area contributed by atoms with Gasteiger partial charge in [-0.1, -0.05) is 25.0 Å². The molecule has 0 saturated heterocycles. The topological polar surface area (TPSA) is 128 Å². The van der Waals surface area contributed by atoms with Gasteiger partial charge in [-0.25, -0.2) is 15.0 Å². The fraction of sp³-hybridized carbons (Fsp3) is 0.318. The van der Waals surface area contributed by atoms with Crippen LogP contribution in [-0.4, -0.2) is 39.1 Å². The van der Waals surface area contributed by atoms with Crippen LogP contribution in [-0.2, 0) is 0 Å². The van der Waals surface area contributed by atoms with Crippen molar-refractivity contribution in [3.05, 3.63) is 36.7 Å². The summed E-state index contributed by atoms with van der Waals surface area (Å²) in [6, 6.07) is 8.29. The van der Waals surface area contributed by atoms with E-state index in [4.69, 9.17) is 21.2 Å². The Hall–Kier alpha value is -3.39. The van der Waals surface area contributed by atoms with Gasteiger partial charge in [0.05, 0.1) is 29.2 Å². The van der Waals surface area contributed by atoms with Crippen LogP contribution < -0.4 is 21.5 Å². The number of nitrogen functional groups attached to an aromatic ring is 1. The second-order valence-electron chi connectivity index (χ2n) is 7.82. The predicted molar refractivity (Wildman–Crippen MR) is 119 cm³/mol. The van der Waals surface area contributed by atoms with Gasteiger partial charge in [-0.05, 0) is 25.0 Å². The third-order valence-electron chi connectivity index (χ3n) is 5.91. The lowest BCUT2D eigenvalue weighted by atomic mass is 9.91. The van der Waals surface area contributed by atoms with E-state index in [0.29, 0.717) is 11.8 Å². The van der Waals surface area contributed by atoms with Gasteiger partial charge < -0.3 is 26.5 Å². The Labute approximate surface area is 174 Å². The minimum Gasteiger partial charge on any atom is -0.495 e. The summed E-state index contributed by atoms with van der Waals surface area (Å²) in [5, 5.41) is 5.20. The van der Waals surface area contributed by atoms with Crippen molar-refractivity contribution in [3.8, 4) is 17.0 Å². The van der Waals surface area contributed by atoms with E-state index in [-0.39, 0.29) is 12.1 Å². The van der Waals surface area contributed by atoms with Gasteiger partial charge in [0, 0.05) is 35.4 Å². The highest BCUT2D eigenvalue weighted by Crippen LogP contribution is 2.34. The van der Waals surface area contributed by atoms with E-state index in [0.717, 1.165) is 58.1 Å². The van der Waals surface area contributed by atoms with Crippen molar-refractivity contribution in [1.29, 1.82) is 0 Å². The summed E-state index contributed by atoms with van der Waals surface area (Å²) in [5.41, 5.74) is 15.8. The first-order chi connectivity index (χ1) is 14.6. The Kier molecular flexibility index (Phi) is 4.63. The van der Waals surface area contributed by atoms with Crippen molar-refractivity contribution in [3.63, 3.8) is 0 Å². The summed E-state index contributed by atoms with van der Waals surface area (Å²) in [5.74, 6) is 1.75. The first kappa shape index (κ1) is 18.6. The summed E-state index contributed by atoms with van der Waals surface area (Å²) in [6.45, 7) is 0. The van der Waals surface area contributed by atoms with Crippen LogP contribution in [0.4, 0.5) is 11.8 Å². The van der Waals surface area contributed by atoms with E-state index in [1.807, 2.05) is 18.2 Å². The summed E-state index contributed by atoms with van der Waals surface area (Å²) < 4.78 is 5.48. The van der Waals surface area contributed by atoms with Crippen LogP contribution in [0, 0.1) is 0 Å². The quantitative estimate of drug-likeness (QED) is 0.411. The zero-order chi connectivity index (χ0) is 20.7. The van der Waals surface area contributed by atoms with Crippen molar-refractivity contribution in [2.24, 2.45) is 5.73 Å². The molecule has 0 radical (unpaired) electrons. The van der Waals surface area contributed by atoms with E-state index in [9.17, 15) is 0 Å². The predicted octanol–water partition coefficient (Wildman–Crippen LogP) is 3.45. The number of rotatable bonds is 4. The summed E-state index contributed by atoms with van der Waals surface area (Å²) in [6.07, 6.45) is 7.86. The third kappa shape index (κ3) is 3.19. The number of anilines is 2. The van der Waals surface area contributed by atoms with Crippen LogP contribution >= 0.6 is 0 Å². The number of aromatic nitrogens is 4. The Morgan fingerprint density at radius 1 is 1.17 bits per heavy atom. The Morgan fingerprint density at radius 2 is 2.03 bits per heavy atom. The molecule has 1 aliphatic carbocycles. The van der Waals surface area contributed by atoms with Gasteiger partial charge in [-0.15, -0.1) is 0 Å². The van der Waals surface area contributed by atoms with Gasteiger partial charge in [-0.3, -0.25) is 0 Å². The van der Waals surface area contributed by atoms with Crippen LogP contribution in [0.1, 0.15) is 25.7 Å². The molecule has 4 aromatic rings. The highest BCUT2D eigenvalue weighted by molar-refractivity contribution is 6.00. The van der Waals surface area contributed by atoms with Crippen molar-refractivity contribution in [1.82, 2.24) is 19.9 Å². The molecule has 8 nitrogen and oxygen atoms in total. The number of methoxy groups -OCH3 is 1. The summed E-state index contributed by atoms with van der Waals surface area (Å²) in [7, 11) is 1.66. The molecule has 0 bridgehead atoms. The maximum atomic E-state index is 6.29. The Balaban J connectivity index is 1.60. The largest absolute Gasteiger partial charge is 0.495 e. The van der Waals surface area contributed by atoms with Gasteiger partial charge in [-0.2, -0.15) is 0 Å². The van der Waals surface area contributed by atoms with Crippen LogP contribution in [0.15, 0.2) is 36.7 Å². The molecule has 154 valence electrons. The molecule has 3 heterocycles. The minimum absolute atomic E-state index is 0.112. The van der Waals surface area contributed by atoms with Gasteiger partial charge in [0.15, 0.2) is 0 Å². The van der Waals surface area contributed by atoms with E-state index >= 15 is 0 Å². The molecule has 8 heteroatoms. The minimum atomic E-state index is 0.112. The molecule has 2 atom stereocenters. The highest BCUT2D eigenvalue weighted by atomic mass is 16.5. The molecular weight excluding hydrogens is 378 g/mol.